The van der Waals surface area contributed by atoms with Crippen LogP contribution in [0.5, 0.6) is 0 Å². The first-order valence-electron chi connectivity index (χ1n) is 8.94. The second-order valence-corrected chi connectivity index (χ2v) is 6.34. The Bertz CT molecular complexity index is 1170. The molecule has 3 aromatic rings. The zero-order valence-electron chi connectivity index (χ0n) is 15.4. The molecular weight excluding hydrogens is 372 g/mol. The summed E-state index contributed by atoms with van der Waals surface area (Å²) in [6.07, 6.45) is 2.95. The average Bonchev–Trinajstić information content (AvgIpc) is 2.75. The number of hydrazone groups is 1. The number of hydrogen-bond acceptors (Lipinski definition) is 7. The molecule has 3 N–H and O–H groups in total. The molecular formula is C20H18N6O3. The minimum atomic E-state index is -0.307. The monoisotopic (exact) mass is 390 g/mol. The summed E-state index contributed by atoms with van der Waals surface area (Å²) in [4.78, 5) is 37.2. The lowest BCUT2D eigenvalue weighted by Crippen LogP contribution is -2.42. The third-order valence-electron chi connectivity index (χ3n) is 4.50. The van der Waals surface area contributed by atoms with Gasteiger partial charge in [0.15, 0.2) is 0 Å². The molecule has 3 heterocycles. The molecule has 9 nitrogen and oxygen atoms in total. The van der Waals surface area contributed by atoms with Gasteiger partial charge in [0.25, 0.3) is 11.5 Å². The van der Waals surface area contributed by atoms with Gasteiger partial charge in [-0.15, -0.1) is 0 Å². The van der Waals surface area contributed by atoms with Gasteiger partial charge in [-0.2, -0.15) is 5.10 Å². The molecule has 146 valence electrons. The van der Waals surface area contributed by atoms with Crippen molar-refractivity contribution in [2.75, 3.05) is 24.7 Å². The molecule has 1 fully saturated rings. The summed E-state index contributed by atoms with van der Waals surface area (Å²) in [7, 11) is 0. The van der Waals surface area contributed by atoms with Gasteiger partial charge in [0.05, 0.1) is 36.8 Å². The molecule has 1 saturated heterocycles. The number of aromatic nitrogens is 2. The standard InChI is InChI=1S/C20H18N6O3/c21-25-17(15-9-13-3-1-2-4-16(13)24-20(15)28)11-22-14-5-6-18(23-10-14)26-7-8-29-12-19(26)27/h1-6,9-11H,7-8,12,21H2,(H,24,28). The number of amides is 1. The Morgan fingerprint density at radius 2 is 2.10 bits per heavy atom. The number of nitrogens with zero attached hydrogens (tertiary/aromatic N) is 4. The van der Waals surface area contributed by atoms with Crippen LogP contribution in [-0.2, 0) is 9.53 Å². The maximum absolute atomic E-state index is 12.4. The molecule has 0 atom stereocenters. The number of hydrogen-bond donors (Lipinski definition) is 2. The molecule has 0 unspecified atom stereocenters. The number of H-pyrrole nitrogens is 1. The van der Waals surface area contributed by atoms with Crippen LogP contribution in [0.3, 0.4) is 0 Å². The van der Waals surface area contributed by atoms with Crippen molar-refractivity contribution in [3.63, 3.8) is 0 Å². The predicted octanol–water partition coefficient (Wildman–Crippen LogP) is 1.35. The van der Waals surface area contributed by atoms with Gasteiger partial charge in [0.1, 0.15) is 18.1 Å². The van der Waals surface area contributed by atoms with Crippen molar-refractivity contribution in [1.29, 1.82) is 0 Å². The second-order valence-electron chi connectivity index (χ2n) is 6.34. The predicted molar refractivity (Wildman–Crippen MR) is 111 cm³/mol. The molecule has 0 spiro atoms. The first kappa shape index (κ1) is 18.5. The fourth-order valence-corrected chi connectivity index (χ4v) is 3.02. The third kappa shape index (κ3) is 3.90. The van der Waals surface area contributed by atoms with Gasteiger partial charge in [0, 0.05) is 5.52 Å². The Kier molecular flexibility index (Phi) is 5.12. The molecule has 0 saturated carbocycles. The molecule has 1 aliphatic heterocycles. The van der Waals surface area contributed by atoms with Gasteiger partial charge in [0.2, 0.25) is 0 Å². The third-order valence-corrected chi connectivity index (χ3v) is 4.50. The number of carbonyl (C=O) groups excluding carboxylic acids is 1. The number of fused-ring (bicyclic) bond motifs is 1. The fourth-order valence-electron chi connectivity index (χ4n) is 3.02. The van der Waals surface area contributed by atoms with Crippen LogP contribution in [0.2, 0.25) is 0 Å². The zero-order valence-corrected chi connectivity index (χ0v) is 15.4. The normalized spacial score (nSPS) is 15.4. The van der Waals surface area contributed by atoms with Crippen molar-refractivity contribution >= 4 is 40.2 Å². The molecule has 4 rings (SSSR count). The van der Waals surface area contributed by atoms with E-state index in [0.717, 1.165) is 10.9 Å². The molecule has 2 aromatic heterocycles. The summed E-state index contributed by atoms with van der Waals surface area (Å²) < 4.78 is 5.12. The van der Waals surface area contributed by atoms with Crippen LogP contribution in [0.1, 0.15) is 5.56 Å². The van der Waals surface area contributed by atoms with E-state index in [1.165, 1.54) is 12.4 Å². The van der Waals surface area contributed by atoms with Crippen LogP contribution in [-0.4, -0.2) is 47.6 Å². The topological polar surface area (TPSA) is 126 Å². The van der Waals surface area contributed by atoms with E-state index in [9.17, 15) is 9.59 Å². The average molecular weight is 390 g/mol. The van der Waals surface area contributed by atoms with E-state index >= 15 is 0 Å². The number of nitrogens with one attached hydrogen (secondary N) is 1. The number of morpholine rings is 1. The highest BCUT2D eigenvalue weighted by Crippen LogP contribution is 2.18. The summed E-state index contributed by atoms with van der Waals surface area (Å²) in [6.45, 7) is 0.991. The lowest BCUT2D eigenvalue weighted by atomic mass is 10.1. The number of aromatic amines is 1. The van der Waals surface area contributed by atoms with Crippen LogP contribution >= 0.6 is 0 Å². The minimum Gasteiger partial charge on any atom is -0.370 e. The Hall–Kier alpha value is -3.85. The van der Waals surface area contributed by atoms with Crippen LogP contribution in [0.4, 0.5) is 11.5 Å². The number of ether oxygens (including phenoxy) is 1. The maximum Gasteiger partial charge on any atom is 0.258 e. The fraction of sp³-hybridized carbons (Fsp3) is 0.150. The van der Waals surface area contributed by atoms with Gasteiger partial charge in [-0.3, -0.25) is 19.5 Å². The smallest absolute Gasteiger partial charge is 0.258 e. The van der Waals surface area contributed by atoms with E-state index in [4.69, 9.17) is 10.6 Å². The van der Waals surface area contributed by atoms with Crippen LogP contribution in [0, 0.1) is 0 Å². The first-order chi connectivity index (χ1) is 14.2. The summed E-state index contributed by atoms with van der Waals surface area (Å²) in [5.41, 5.74) is 1.52. The van der Waals surface area contributed by atoms with Gasteiger partial charge in [-0.25, -0.2) is 4.98 Å². The highest BCUT2D eigenvalue weighted by Gasteiger charge is 2.20. The molecule has 0 radical (unpaired) electrons. The van der Waals surface area contributed by atoms with Crippen LogP contribution < -0.4 is 16.3 Å². The summed E-state index contributed by atoms with van der Waals surface area (Å²) in [5, 5.41) is 4.56. The van der Waals surface area contributed by atoms with Crippen LogP contribution in [0.15, 0.2) is 63.5 Å². The summed E-state index contributed by atoms with van der Waals surface area (Å²) in [5.74, 6) is 5.90. The number of benzene rings is 1. The number of rotatable bonds is 4. The van der Waals surface area contributed by atoms with Gasteiger partial charge < -0.3 is 15.6 Å². The van der Waals surface area contributed by atoms with Crippen molar-refractivity contribution in [1.82, 2.24) is 9.97 Å². The lowest BCUT2D eigenvalue weighted by Gasteiger charge is -2.25. The second kappa shape index (κ2) is 8.03. The quantitative estimate of drug-likeness (QED) is 0.395. The van der Waals surface area contributed by atoms with Gasteiger partial charge >= 0.3 is 0 Å². The van der Waals surface area contributed by atoms with E-state index in [-0.39, 0.29) is 23.8 Å². The molecule has 1 amide bonds. The molecule has 29 heavy (non-hydrogen) atoms. The highest BCUT2D eigenvalue weighted by atomic mass is 16.5. The van der Waals surface area contributed by atoms with Gasteiger partial charge in [-0.1, -0.05) is 18.2 Å². The lowest BCUT2D eigenvalue weighted by molar-refractivity contribution is -0.125. The van der Waals surface area contributed by atoms with Crippen molar-refractivity contribution < 1.29 is 9.53 Å². The van der Waals surface area contributed by atoms with E-state index in [2.05, 4.69) is 20.1 Å². The molecule has 0 bridgehead atoms. The molecule has 0 aliphatic carbocycles. The molecule has 1 aliphatic rings. The SMILES string of the molecule is NN=C(C=Nc1ccc(N2CCOCC2=O)nc1)c1cc2ccccc2[nH]c1=O. The van der Waals surface area contributed by atoms with E-state index in [0.29, 0.717) is 30.2 Å². The van der Waals surface area contributed by atoms with E-state index in [1.54, 1.807) is 23.1 Å². The number of para-hydroxylation sites is 1. The Morgan fingerprint density at radius 3 is 2.86 bits per heavy atom. The van der Waals surface area contributed by atoms with Crippen molar-refractivity contribution in [3.8, 4) is 0 Å². The number of aliphatic imine (C=N–C) groups is 1. The Morgan fingerprint density at radius 1 is 1.24 bits per heavy atom. The summed E-state index contributed by atoms with van der Waals surface area (Å²) >= 11 is 0. The van der Waals surface area contributed by atoms with Crippen LogP contribution in [0.25, 0.3) is 10.9 Å². The van der Waals surface area contributed by atoms with E-state index < -0.39 is 0 Å². The Balaban J connectivity index is 1.57. The number of anilines is 1. The van der Waals surface area contributed by atoms with Crippen molar-refractivity contribution in [2.24, 2.45) is 15.9 Å². The van der Waals surface area contributed by atoms with Crippen molar-refractivity contribution in [3.05, 3.63) is 64.6 Å². The first-order valence-corrected chi connectivity index (χ1v) is 8.94. The maximum atomic E-state index is 12.4. The minimum absolute atomic E-state index is 0.0538. The van der Waals surface area contributed by atoms with Crippen molar-refractivity contribution in [2.45, 2.75) is 0 Å². The summed E-state index contributed by atoms with van der Waals surface area (Å²) in [6, 6.07) is 12.6. The number of carbonyl (C=O) groups is 1. The number of pyridine rings is 2. The highest BCUT2D eigenvalue weighted by molar-refractivity contribution is 6.38. The molecule has 1 aromatic carbocycles. The van der Waals surface area contributed by atoms with E-state index in [1.807, 2.05) is 24.3 Å². The zero-order chi connectivity index (χ0) is 20.2. The molecule has 9 heteroatoms. The number of nitrogens with two attached hydrogens (primary N) is 1. The Labute approximate surface area is 165 Å². The van der Waals surface area contributed by atoms with Gasteiger partial charge in [-0.05, 0) is 29.7 Å². The largest absolute Gasteiger partial charge is 0.370 e.